The lowest BCUT2D eigenvalue weighted by atomic mass is 10.3. The van der Waals surface area contributed by atoms with Gasteiger partial charge in [-0.25, -0.2) is 0 Å². The smallest absolute Gasteiger partial charge is 0.273 e. The molecule has 0 aliphatic heterocycles. The average Bonchev–Trinajstić information content (AvgIpc) is 2.42. The second-order valence-electron chi connectivity index (χ2n) is 2.98. The van der Waals surface area contributed by atoms with E-state index >= 15 is 0 Å². The number of halogens is 1. The van der Waals surface area contributed by atoms with E-state index in [4.69, 9.17) is 11.6 Å². The molecule has 0 atom stereocenters. The number of carbonyl (C=O) groups is 1. The number of aryl methyl sites for hydroxylation is 1. The highest BCUT2D eigenvalue weighted by Crippen LogP contribution is 2.18. The highest BCUT2D eigenvalue weighted by atomic mass is 35.5. The van der Waals surface area contributed by atoms with Crippen molar-refractivity contribution in [2.75, 3.05) is 13.1 Å². The third kappa shape index (κ3) is 2.05. The molecule has 6 heteroatoms. The highest BCUT2D eigenvalue weighted by molar-refractivity contribution is 6.34. The fourth-order valence-corrected chi connectivity index (χ4v) is 1.26. The third-order valence-electron chi connectivity index (χ3n) is 1.94. The molecule has 0 saturated heterocycles. The van der Waals surface area contributed by atoms with Gasteiger partial charge in [-0.05, 0) is 6.92 Å². The van der Waals surface area contributed by atoms with Gasteiger partial charge in [0, 0.05) is 7.05 Å². The Morgan fingerprint density at radius 1 is 1.71 bits per heavy atom. The number of rotatable bonds is 3. The Morgan fingerprint density at radius 3 is 2.79 bits per heavy atom. The normalized spacial score (nSPS) is 10.3. The van der Waals surface area contributed by atoms with Crippen LogP contribution in [-0.2, 0) is 7.05 Å². The van der Waals surface area contributed by atoms with Crippen LogP contribution in [0.2, 0.25) is 5.02 Å². The number of quaternary nitrogens is 1. The fourth-order valence-electron chi connectivity index (χ4n) is 1.01. The maximum absolute atomic E-state index is 11.5. The average molecular weight is 218 g/mol. The lowest BCUT2D eigenvalue weighted by Crippen LogP contribution is -2.54. The first-order valence-corrected chi connectivity index (χ1v) is 4.72. The lowest BCUT2D eigenvalue weighted by molar-refractivity contribution is -0.364. The molecule has 78 valence electrons. The predicted octanol–water partition coefficient (Wildman–Crippen LogP) is -0.646. The summed E-state index contributed by atoms with van der Waals surface area (Å²) in [5.74, 6) is -0.248. The van der Waals surface area contributed by atoms with E-state index in [1.807, 2.05) is 6.92 Å². The van der Waals surface area contributed by atoms with Crippen LogP contribution in [0.4, 0.5) is 0 Å². The van der Waals surface area contributed by atoms with E-state index in [-0.39, 0.29) is 11.6 Å². The first-order valence-electron chi connectivity index (χ1n) is 4.34. The Labute approximate surface area is 87.2 Å². The van der Waals surface area contributed by atoms with E-state index < -0.39 is 0 Å². The fraction of sp³-hybridized carbons (Fsp3) is 0.500. The molecular formula is C8H14ClN4O+. The van der Waals surface area contributed by atoms with Crippen LogP contribution in [0.3, 0.4) is 0 Å². The van der Waals surface area contributed by atoms with Gasteiger partial charge in [0.25, 0.3) is 5.91 Å². The van der Waals surface area contributed by atoms with Gasteiger partial charge in [-0.1, -0.05) is 11.6 Å². The number of carbonyl (C=O) groups excluding carboxylic acids is 1. The maximum atomic E-state index is 11.5. The van der Waals surface area contributed by atoms with Crippen LogP contribution in [0.1, 0.15) is 16.2 Å². The van der Waals surface area contributed by atoms with E-state index in [0.29, 0.717) is 18.1 Å². The van der Waals surface area contributed by atoms with E-state index in [1.54, 1.807) is 11.7 Å². The molecule has 1 heterocycles. The molecule has 1 aromatic rings. The van der Waals surface area contributed by atoms with Crippen LogP contribution >= 0.6 is 11.6 Å². The molecule has 0 bridgehead atoms. The number of aromatic nitrogens is 2. The first kappa shape index (κ1) is 11.0. The number of hydrogen-bond donors (Lipinski definition) is 2. The topological polar surface area (TPSA) is 74.6 Å². The summed E-state index contributed by atoms with van der Waals surface area (Å²) in [5, 5.41) is 7.09. The van der Waals surface area contributed by atoms with Gasteiger partial charge in [0.1, 0.15) is 0 Å². The molecule has 0 fully saturated rings. The van der Waals surface area contributed by atoms with Crippen molar-refractivity contribution in [2.45, 2.75) is 6.92 Å². The highest BCUT2D eigenvalue weighted by Gasteiger charge is 2.17. The SMILES string of the molecule is Cc1c(Cl)c(C(=O)NCC[NH3+])nn1C. The molecule has 0 spiro atoms. The van der Waals surface area contributed by atoms with Crippen molar-refractivity contribution in [1.82, 2.24) is 15.1 Å². The van der Waals surface area contributed by atoms with E-state index in [9.17, 15) is 4.79 Å². The van der Waals surface area contributed by atoms with Crippen molar-refractivity contribution >= 4 is 17.5 Å². The van der Waals surface area contributed by atoms with Crippen LogP contribution < -0.4 is 11.1 Å². The first-order chi connectivity index (χ1) is 6.57. The minimum Gasteiger partial charge on any atom is -0.356 e. The molecule has 0 saturated carbocycles. The lowest BCUT2D eigenvalue weighted by Gasteiger charge is -1.98. The van der Waals surface area contributed by atoms with Gasteiger partial charge >= 0.3 is 0 Å². The molecule has 1 aromatic heterocycles. The van der Waals surface area contributed by atoms with Crippen LogP contribution in [0.5, 0.6) is 0 Å². The van der Waals surface area contributed by atoms with Crippen molar-refractivity contribution in [3.8, 4) is 0 Å². The Hall–Kier alpha value is -1.07. The quantitative estimate of drug-likeness (QED) is 0.707. The summed E-state index contributed by atoms with van der Waals surface area (Å²) in [4.78, 5) is 11.5. The van der Waals surface area contributed by atoms with Gasteiger partial charge in [0.05, 0.1) is 23.8 Å². The monoisotopic (exact) mass is 217 g/mol. The zero-order valence-electron chi connectivity index (χ0n) is 8.30. The summed E-state index contributed by atoms with van der Waals surface area (Å²) < 4.78 is 1.58. The molecule has 0 aromatic carbocycles. The van der Waals surface area contributed by atoms with Crippen molar-refractivity contribution < 1.29 is 10.5 Å². The van der Waals surface area contributed by atoms with Crippen molar-refractivity contribution in [2.24, 2.45) is 7.05 Å². The van der Waals surface area contributed by atoms with Gasteiger partial charge in [0.15, 0.2) is 5.69 Å². The second kappa shape index (κ2) is 4.43. The maximum Gasteiger partial charge on any atom is 0.273 e. The second-order valence-corrected chi connectivity index (χ2v) is 3.36. The minimum absolute atomic E-state index is 0.248. The predicted molar refractivity (Wildman–Crippen MR) is 53.0 cm³/mol. The van der Waals surface area contributed by atoms with Crippen LogP contribution in [0.25, 0.3) is 0 Å². The van der Waals surface area contributed by atoms with Crippen molar-refractivity contribution in [1.29, 1.82) is 0 Å². The number of nitrogens with zero attached hydrogens (tertiary/aromatic N) is 2. The van der Waals surface area contributed by atoms with E-state index in [1.165, 1.54) is 0 Å². The largest absolute Gasteiger partial charge is 0.356 e. The molecule has 4 N–H and O–H groups in total. The molecule has 1 amide bonds. The molecule has 14 heavy (non-hydrogen) atoms. The Balaban J connectivity index is 2.85. The van der Waals surface area contributed by atoms with Gasteiger partial charge in [-0.15, -0.1) is 0 Å². The van der Waals surface area contributed by atoms with Crippen LogP contribution in [-0.4, -0.2) is 28.8 Å². The molecular weight excluding hydrogens is 204 g/mol. The number of nitrogens with one attached hydrogen (secondary N) is 1. The Kier molecular flexibility index (Phi) is 3.49. The standard InChI is InChI=1S/C8H13ClN4O/c1-5-6(9)7(12-13(5)2)8(14)11-4-3-10/h3-4,10H2,1-2H3,(H,11,14)/p+1. The molecule has 0 radical (unpaired) electrons. The van der Waals surface area contributed by atoms with Gasteiger partial charge in [-0.2, -0.15) is 5.10 Å². The van der Waals surface area contributed by atoms with Crippen molar-refractivity contribution in [3.63, 3.8) is 0 Å². The zero-order chi connectivity index (χ0) is 10.7. The zero-order valence-corrected chi connectivity index (χ0v) is 9.06. The van der Waals surface area contributed by atoms with Gasteiger partial charge in [0.2, 0.25) is 0 Å². The van der Waals surface area contributed by atoms with E-state index in [2.05, 4.69) is 16.1 Å². The molecule has 0 aliphatic rings. The third-order valence-corrected chi connectivity index (χ3v) is 2.39. The van der Waals surface area contributed by atoms with Crippen LogP contribution in [0, 0.1) is 6.92 Å². The van der Waals surface area contributed by atoms with Crippen LogP contribution in [0.15, 0.2) is 0 Å². The number of hydrogen-bond acceptors (Lipinski definition) is 2. The molecule has 1 rings (SSSR count). The molecule has 5 nitrogen and oxygen atoms in total. The summed E-state index contributed by atoms with van der Waals surface area (Å²) >= 11 is 5.93. The minimum atomic E-state index is -0.248. The summed E-state index contributed by atoms with van der Waals surface area (Å²) in [6, 6.07) is 0. The summed E-state index contributed by atoms with van der Waals surface area (Å²) in [5.41, 5.74) is 4.68. The molecule has 0 unspecified atom stereocenters. The summed E-state index contributed by atoms with van der Waals surface area (Å²) in [6.45, 7) is 2.99. The number of amides is 1. The van der Waals surface area contributed by atoms with Crippen molar-refractivity contribution in [3.05, 3.63) is 16.4 Å². The van der Waals surface area contributed by atoms with E-state index in [0.717, 1.165) is 5.69 Å². The summed E-state index contributed by atoms with van der Waals surface area (Å²) in [7, 11) is 1.75. The van der Waals surface area contributed by atoms with Gasteiger partial charge < -0.3 is 11.1 Å². The Bertz CT molecular complexity index is 347. The molecule has 0 aliphatic carbocycles. The Morgan fingerprint density at radius 2 is 2.36 bits per heavy atom. The van der Waals surface area contributed by atoms with Gasteiger partial charge in [-0.3, -0.25) is 9.48 Å². The summed E-state index contributed by atoms with van der Waals surface area (Å²) in [6.07, 6.45) is 0.